The van der Waals surface area contributed by atoms with Crippen LogP contribution in [0.15, 0.2) is 18.3 Å². The van der Waals surface area contributed by atoms with Gasteiger partial charge in [-0.15, -0.1) is 0 Å². The summed E-state index contributed by atoms with van der Waals surface area (Å²) in [5.74, 6) is 0.326. The maximum Gasteiger partial charge on any atom is 0.0638 e. The standard InChI is InChI=1S/C12H19N3O/c1-9-11(7-15(2)14-9)6-13-12-4-3-10(5-12)8-16/h3-4,7,10,12-13,16H,5-6,8H2,1-2H3/t10-,12+/m0/s1. The van der Waals surface area contributed by atoms with Gasteiger partial charge in [-0.05, 0) is 13.3 Å². The molecule has 0 saturated carbocycles. The van der Waals surface area contributed by atoms with Gasteiger partial charge in [-0.2, -0.15) is 5.10 Å². The molecule has 0 spiro atoms. The summed E-state index contributed by atoms with van der Waals surface area (Å²) in [6, 6.07) is 0.386. The number of aliphatic hydroxyl groups excluding tert-OH is 1. The summed E-state index contributed by atoms with van der Waals surface area (Å²) < 4.78 is 1.84. The van der Waals surface area contributed by atoms with Crippen molar-refractivity contribution in [3.63, 3.8) is 0 Å². The van der Waals surface area contributed by atoms with E-state index in [2.05, 4.69) is 22.6 Å². The van der Waals surface area contributed by atoms with Crippen LogP contribution in [0.1, 0.15) is 17.7 Å². The highest BCUT2D eigenvalue weighted by Gasteiger charge is 2.17. The second-order valence-corrected chi connectivity index (χ2v) is 4.46. The Kier molecular flexibility index (Phi) is 3.41. The third kappa shape index (κ3) is 2.51. The number of hydrogen-bond acceptors (Lipinski definition) is 3. The van der Waals surface area contributed by atoms with E-state index >= 15 is 0 Å². The predicted octanol–water partition coefficient (Wildman–Crippen LogP) is 0.755. The molecule has 4 nitrogen and oxygen atoms in total. The van der Waals surface area contributed by atoms with Gasteiger partial charge in [0.05, 0.1) is 5.69 Å². The first-order chi connectivity index (χ1) is 7.69. The largest absolute Gasteiger partial charge is 0.396 e. The van der Waals surface area contributed by atoms with Gasteiger partial charge >= 0.3 is 0 Å². The van der Waals surface area contributed by atoms with E-state index in [9.17, 15) is 0 Å². The van der Waals surface area contributed by atoms with E-state index in [1.54, 1.807) is 0 Å². The van der Waals surface area contributed by atoms with Crippen LogP contribution in [-0.4, -0.2) is 27.5 Å². The van der Waals surface area contributed by atoms with Gasteiger partial charge in [-0.25, -0.2) is 0 Å². The van der Waals surface area contributed by atoms with Gasteiger partial charge in [0.15, 0.2) is 0 Å². The van der Waals surface area contributed by atoms with E-state index in [1.807, 2.05) is 24.9 Å². The Bertz CT molecular complexity index is 384. The molecule has 2 atom stereocenters. The lowest BCUT2D eigenvalue weighted by molar-refractivity contribution is 0.246. The molecule has 16 heavy (non-hydrogen) atoms. The minimum atomic E-state index is 0.251. The number of aryl methyl sites for hydroxylation is 2. The van der Waals surface area contributed by atoms with Crippen molar-refractivity contribution in [1.82, 2.24) is 15.1 Å². The molecule has 0 amide bonds. The molecule has 0 unspecified atom stereocenters. The zero-order chi connectivity index (χ0) is 11.5. The molecular weight excluding hydrogens is 202 g/mol. The number of aromatic nitrogens is 2. The maximum absolute atomic E-state index is 9.02. The zero-order valence-electron chi connectivity index (χ0n) is 9.85. The van der Waals surface area contributed by atoms with Crippen molar-refractivity contribution >= 4 is 0 Å². The maximum atomic E-state index is 9.02. The van der Waals surface area contributed by atoms with Gasteiger partial charge in [0.25, 0.3) is 0 Å². The molecule has 88 valence electrons. The molecule has 2 N–H and O–H groups in total. The van der Waals surface area contributed by atoms with E-state index < -0.39 is 0 Å². The van der Waals surface area contributed by atoms with E-state index in [0.29, 0.717) is 12.0 Å². The van der Waals surface area contributed by atoms with E-state index in [-0.39, 0.29) is 6.61 Å². The topological polar surface area (TPSA) is 50.1 Å². The quantitative estimate of drug-likeness (QED) is 0.738. The highest BCUT2D eigenvalue weighted by Crippen LogP contribution is 2.17. The van der Waals surface area contributed by atoms with Crippen molar-refractivity contribution in [2.24, 2.45) is 13.0 Å². The molecule has 1 heterocycles. The molecule has 0 aromatic carbocycles. The van der Waals surface area contributed by atoms with Gasteiger partial charge in [0.2, 0.25) is 0 Å². The van der Waals surface area contributed by atoms with Crippen LogP contribution >= 0.6 is 0 Å². The van der Waals surface area contributed by atoms with Crippen LogP contribution in [0, 0.1) is 12.8 Å². The fourth-order valence-electron chi connectivity index (χ4n) is 2.12. The van der Waals surface area contributed by atoms with Crippen molar-refractivity contribution in [2.75, 3.05) is 6.61 Å². The Morgan fingerprint density at radius 2 is 2.38 bits per heavy atom. The number of nitrogens with one attached hydrogen (secondary N) is 1. The molecule has 0 saturated heterocycles. The molecular formula is C12H19N3O. The first-order valence-electron chi connectivity index (χ1n) is 5.70. The lowest BCUT2D eigenvalue weighted by Crippen LogP contribution is -2.26. The van der Waals surface area contributed by atoms with Gasteiger partial charge in [-0.3, -0.25) is 4.68 Å². The summed E-state index contributed by atoms with van der Waals surface area (Å²) >= 11 is 0. The first-order valence-corrected chi connectivity index (χ1v) is 5.70. The summed E-state index contributed by atoms with van der Waals surface area (Å²) in [5, 5.41) is 16.8. The fraction of sp³-hybridized carbons (Fsp3) is 0.583. The van der Waals surface area contributed by atoms with Crippen LogP contribution in [0.25, 0.3) is 0 Å². The van der Waals surface area contributed by atoms with Crippen LogP contribution in [0.2, 0.25) is 0 Å². The molecule has 0 fully saturated rings. The Balaban J connectivity index is 1.85. The van der Waals surface area contributed by atoms with Crippen LogP contribution in [0.5, 0.6) is 0 Å². The van der Waals surface area contributed by atoms with Crippen molar-refractivity contribution in [1.29, 1.82) is 0 Å². The highest BCUT2D eigenvalue weighted by molar-refractivity contribution is 5.16. The van der Waals surface area contributed by atoms with Gasteiger partial charge in [0.1, 0.15) is 0 Å². The lowest BCUT2D eigenvalue weighted by Gasteiger charge is -2.11. The molecule has 1 aromatic heterocycles. The van der Waals surface area contributed by atoms with E-state index in [1.165, 1.54) is 5.56 Å². The zero-order valence-corrected chi connectivity index (χ0v) is 9.85. The molecule has 0 aliphatic heterocycles. The van der Waals surface area contributed by atoms with Crippen LogP contribution in [0.4, 0.5) is 0 Å². The fourth-order valence-corrected chi connectivity index (χ4v) is 2.12. The molecule has 1 aliphatic rings. The van der Waals surface area contributed by atoms with Crippen LogP contribution < -0.4 is 5.32 Å². The second-order valence-electron chi connectivity index (χ2n) is 4.46. The van der Waals surface area contributed by atoms with Crippen molar-refractivity contribution in [3.05, 3.63) is 29.6 Å². The van der Waals surface area contributed by atoms with E-state index in [0.717, 1.165) is 18.7 Å². The summed E-state index contributed by atoms with van der Waals surface area (Å²) in [4.78, 5) is 0. The monoisotopic (exact) mass is 221 g/mol. The number of hydrogen-bond donors (Lipinski definition) is 2. The van der Waals surface area contributed by atoms with Crippen molar-refractivity contribution in [3.8, 4) is 0 Å². The molecule has 2 rings (SSSR count). The SMILES string of the molecule is Cc1nn(C)cc1CN[C@@H]1C=C[C@H](CO)C1. The van der Waals surface area contributed by atoms with Gasteiger partial charge in [-0.1, -0.05) is 12.2 Å². The Labute approximate surface area is 96.0 Å². The molecule has 0 bridgehead atoms. The summed E-state index contributed by atoms with van der Waals surface area (Å²) in [6.45, 7) is 3.12. The summed E-state index contributed by atoms with van der Waals surface area (Å²) in [5.41, 5.74) is 2.32. The highest BCUT2D eigenvalue weighted by atomic mass is 16.3. The van der Waals surface area contributed by atoms with Gasteiger partial charge in [0, 0.05) is 43.9 Å². The second kappa shape index (κ2) is 4.80. The third-order valence-corrected chi connectivity index (χ3v) is 3.08. The Morgan fingerprint density at radius 1 is 1.56 bits per heavy atom. The lowest BCUT2D eigenvalue weighted by atomic mass is 10.1. The summed E-state index contributed by atoms with van der Waals surface area (Å²) in [7, 11) is 1.94. The Hall–Kier alpha value is -1.13. The normalized spacial score (nSPS) is 24.2. The molecule has 1 aliphatic carbocycles. The van der Waals surface area contributed by atoms with Crippen molar-refractivity contribution < 1.29 is 5.11 Å². The number of aliphatic hydroxyl groups is 1. The number of nitrogens with zero attached hydrogens (tertiary/aromatic N) is 2. The Morgan fingerprint density at radius 3 is 2.94 bits per heavy atom. The van der Waals surface area contributed by atoms with Crippen LogP contribution in [0.3, 0.4) is 0 Å². The summed E-state index contributed by atoms with van der Waals surface area (Å²) in [6.07, 6.45) is 7.28. The first kappa shape index (κ1) is 11.4. The average Bonchev–Trinajstić information content (AvgIpc) is 2.82. The molecule has 1 aromatic rings. The van der Waals surface area contributed by atoms with Crippen LogP contribution in [-0.2, 0) is 13.6 Å². The minimum absolute atomic E-state index is 0.251. The number of rotatable bonds is 4. The third-order valence-electron chi connectivity index (χ3n) is 3.08. The van der Waals surface area contributed by atoms with E-state index in [4.69, 9.17) is 5.11 Å². The van der Waals surface area contributed by atoms with Crippen molar-refractivity contribution in [2.45, 2.75) is 25.9 Å². The minimum Gasteiger partial charge on any atom is -0.396 e. The van der Waals surface area contributed by atoms with Gasteiger partial charge < -0.3 is 10.4 Å². The molecule has 0 radical (unpaired) electrons. The molecule has 4 heteroatoms. The smallest absolute Gasteiger partial charge is 0.0638 e. The predicted molar refractivity (Wildman–Crippen MR) is 62.9 cm³/mol. The average molecular weight is 221 g/mol.